The summed E-state index contributed by atoms with van der Waals surface area (Å²) in [4.78, 5) is 11.3. The Morgan fingerprint density at radius 2 is 1.90 bits per heavy atom. The molecule has 0 amide bonds. The number of benzene rings is 2. The lowest BCUT2D eigenvalue weighted by Gasteiger charge is -2.25. The van der Waals surface area contributed by atoms with Gasteiger partial charge in [0, 0.05) is 17.8 Å². The minimum absolute atomic E-state index is 0.0737. The predicted molar refractivity (Wildman–Crippen MR) is 81.6 cm³/mol. The van der Waals surface area contributed by atoms with Gasteiger partial charge in [-0.3, -0.25) is 4.21 Å². The van der Waals surface area contributed by atoms with Crippen LogP contribution in [0.2, 0.25) is 0 Å². The van der Waals surface area contributed by atoms with Crippen LogP contribution in [0.3, 0.4) is 0 Å². The fourth-order valence-corrected chi connectivity index (χ4v) is 3.32. The Bertz CT molecular complexity index is 636. The van der Waals surface area contributed by atoms with Gasteiger partial charge in [0.25, 0.3) is 0 Å². The largest absolute Gasteiger partial charge is 0.772 e. The zero-order chi connectivity index (χ0) is 15.2. The SMILES string of the molecule is O=CC(Cc1cccc2ccccc12)C(CCO)S(=O)[O-]. The first-order chi connectivity index (χ1) is 10.2. The van der Waals surface area contributed by atoms with E-state index in [1.165, 1.54) is 0 Å². The van der Waals surface area contributed by atoms with Crippen molar-refractivity contribution >= 4 is 28.1 Å². The topological polar surface area (TPSA) is 77.4 Å². The Labute approximate surface area is 126 Å². The van der Waals surface area contributed by atoms with E-state index in [1.54, 1.807) is 0 Å². The lowest BCUT2D eigenvalue weighted by Crippen LogP contribution is -2.29. The van der Waals surface area contributed by atoms with Crippen molar-refractivity contribution in [2.24, 2.45) is 5.92 Å². The third kappa shape index (κ3) is 3.75. The maximum Gasteiger partial charge on any atom is 0.124 e. The quantitative estimate of drug-likeness (QED) is 0.625. The van der Waals surface area contributed by atoms with Gasteiger partial charge < -0.3 is 14.5 Å². The molecule has 0 aliphatic rings. The van der Waals surface area contributed by atoms with Gasteiger partial charge in [-0.1, -0.05) is 53.5 Å². The smallest absolute Gasteiger partial charge is 0.124 e. The molecule has 0 heterocycles. The second-order valence-corrected chi connectivity index (χ2v) is 6.08. The third-order valence-electron chi connectivity index (χ3n) is 3.65. The van der Waals surface area contributed by atoms with Crippen LogP contribution < -0.4 is 0 Å². The molecule has 0 aliphatic heterocycles. The van der Waals surface area contributed by atoms with E-state index in [4.69, 9.17) is 5.11 Å². The van der Waals surface area contributed by atoms with E-state index in [0.29, 0.717) is 12.7 Å². The Hall–Kier alpha value is -1.56. The summed E-state index contributed by atoms with van der Waals surface area (Å²) in [7, 11) is 0. The molecule has 0 spiro atoms. The van der Waals surface area contributed by atoms with Crippen LogP contribution in [0.25, 0.3) is 10.8 Å². The van der Waals surface area contributed by atoms with Crippen molar-refractivity contribution in [1.29, 1.82) is 0 Å². The zero-order valence-corrected chi connectivity index (χ0v) is 12.3. The summed E-state index contributed by atoms with van der Waals surface area (Å²) in [5, 5.41) is 10.2. The van der Waals surface area contributed by atoms with Crippen molar-refractivity contribution in [1.82, 2.24) is 0 Å². The summed E-state index contributed by atoms with van der Waals surface area (Å²) in [6.45, 7) is -0.251. The fourth-order valence-electron chi connectivity index (χ4n) is 2.57. The second kappa shape index (κ2) is 7.45. The zero-order valence-electron chi connectivity index (χ0n) is 11.5. The number of carbonyl (C=O) groups excluding carboxylic acids is 1. The minimum Gasteiger partial charge on any atom is -0.772 e. The Morgan fingerprint density at radius 1 is 1.19 bits per heavy atom. The molecule has 112 valence electrons. The van der Waals surface area contributed by atoms with Crippen molar-refractivity contribution in [2.75, 3.05) is 6.61 Å². The maximum absolute atomic E-state index is 11.3. The third-order valence-corrected chi connectivity index (χ3v) is 4.73. The van der Waals surface area contributed by atoms with E-state index in [1.807, 2.05) is 42.5 Å². The van der Waals surface area contributed by atoms with Gasteiger partial charge in [-0.2, -0.15) is 0 Å². The number of fused-ring (bicyclic) bond motifs is 1. The number of hydrogen-bond donors (Lipinski definition) is 1. The van der Waals surface area contributed by atoms with Crippen molar-refractivity contribution in [3.05, 3.63) is 48.0 Å². The van der Waals surface area contributed by atoms with Gasteiger partial charge in [0.15, 0.2) is 0 Å². The summed E-state index contributed by atoms with van der Waals surface area (Å²) in [5.74, 6) is -0.652. The summed E-state index contributed by atoms with van der Waals surface area (Å²) in [6.07, 6.45) is 1.10. The monoisotopic (exact) mass is 305 g/mol. The maximum atomic E-state index is 11.3. The highest BCUT2D eigenvalue weighted by Gasteiger charge is 2.22. The van der Waals surface area contributed by atoms with E-state index in [2.05, 4.69) is 0 Å². The molecule has 5 heteroatoms. The molecule has 0 aliphatic carbocycles. The average Bonchev–Trinajstić information content (AvgIpc) is 2.50. The van der Waals surface area contributed by atoms with Gasteiger partial charge in [-0.25, -0.2) is 0 Å². The highest BCUT2D eigenvalue weighted by Crippen LogP contribution is 2.23. The number of aliphatic hydroxyl groups is 1. The molecule has 2 aromatic rings. The van der Waals surface area contributed by atoms with Gasteiger partial charge in [-0.15, -0.1) is 0 Å². The molecular formula is C16H17O4S-. The van der Waals surface area contributed by atoms with Crippen LogP contribution in [0.5, 0.6) is 0 Å². The van der Waals surface area contributed by atoms with E-state index in [0.717, 1.165) is 16.3 Å². The first kappa shape index (κ1) is 15.8. The predicted octanol–water partition coefficient (Wildman–Crippen LogP) is 1.83. The van der Waals surface area contributed by atoms with Gasteiger partial charge >= 0.3 is 0 Å². The molecule has 0 fully saturated rings. The normalized spacial score (nSPS) is 15.5. The first-order valence-corrected chi connectivity index (χ1v) is 7.92. The Balaban J connectivity index is 2.32. The van der Waals surface area contributed by atoms with Gasteiger partial charge in [0.1, 0.15) is 6.29 Å². The Kier molecular flexibility index (Phi) is 5.61. The molecule has 2 rings (SSSR count). The van der Waals surface area contributed by atoms with Crippen LogP contribution in [0.1, 0.15) is 12.0 Å². The number of carbonyl (C=O) groups is 1. The van der Waals surface area contributed by atoms with E-state index in [9.17, 15) is 13.6 Å². The summed E-state index contributed by atoms with van der Waals surface area (Å²) >= 11 is -2.38. The van der Waals surface area contributed by atoms with E-state index < -0.39 is 22.2 Å². The number of aldehydes is 1. The van der Waals surface area contributed by atoms with Gasteiger partial charge in [0.05, 0.1) is 0 Å². The number of aliphatic hydroxyl groups excluding tert-OH is 1. The van der Waals surface area contributed by atoms with Crippen molar-refractivity contribution in [3.8, 4) is 0 Å². The van der Waals surface area contributed by atoms with E-state index in [-0.39, 0.29) is 13.0 Å². The number of hydrogen-bond acceptors (Lipinski definition) is 4. The lowest BCUT2D eigenvalue weighted by molar-refractivity contribution is -0.111. The molecule has 0 bridgehead atoms. The van der Waals surface area contributed by atoms with Crippen LogP contribution in [0.15, 0.2) is 42.5 Å². The molecule has 0 aromatic heterocycles. The van der Waals surface area contributed by atoms with Crippen molar-refractivity contribution in [3.63, 3.8) is 0 Å². The van der Waals surface area contributed by atoms with Gasteiger partial charge in [0.2, 0.25) is 0 Å². The average molecular weight is 305 g/mol. The van der Waals surface area contributed by atoms with Crippen LogP contribution in [0, 0.1) is 5.92 Å². The number of rotatable bonds is 7. The van der Waals surface area contributed by atoms with Crippen molar-refractivity contribution < 1.29 is 18.7 Å². The molecule has 21 heavy (non-hydrogen) atoms. The summed E-state index contributed by atoms with van der Waals surface area (Å²) < 4.78 is 22.5. The molecule has 4 nitrogen and oxygen atoms in total. The minimum atomic E-state index is -2.38. The standard InChI is InChI=1S/C16H18O4S/c17-9-8-16(21(19)20)14(11-18)10-13-6-3-5-12-4-1-2-7-15(12)13/h1-7,11,14,16-17H,8-10H2,(H,19,20)/p-1. The fraction of sp³-hybridized carbons (Fsp3) is 0.312. The van der Waals surface area contributed by atoms with Gasteiger partial charge in [-0.05, 0) is 29.2 Å². The van der Waals surface area contributed by atoms with Crippen LogP contribution >= 0.6 is 0 Å². The molecule has 0 radical (unpaired) electrons. The molecular weight excluding hydrogens is 288 g/mol. The molecule has 0 saturated heterocycles. The lowest BCUT2D eigenvalue weighted by atomic mass is 9.92. The van der Waals surface area contributed by atoms with Crippen LogP contribution in [-0.4, -0.2) is 32.0 Å². The second-order valence-electron chi connectivity index (χ2n) is 4.95. The first-order valence-electron chi connectivity index (χ1n) is 6.78. The van der Waals surface area contributed by atoms with Crippen LogP contribution in [0.4, 0.5) is 0 Å². The highest BCUT2D eigenvalue weighted by molar-refractivity contribution is 7.79. The van der Waals surface area contributed by atoms with Crippen LogP contribution in [-0.2, 0) is 22.3 Å². The molecule has 3 unspecified atom stereocenters. The molecule has 3 atom stereocenters. The molecule has 0 saturated carbocycles. The molecule has 2 aromatic carbocycles. The summed E-state index contributed by atoms with van der Waals surface area (Å²) in [5.41, 5.74) is 0.943. The Morgan fingerprint density at radius 3 is 2.57 bits per heavy atom. The molecule has 1 N–H and O–H groups in total. The van der Waals surface area contributed by atoms with E-state index >= 15 is 0 Å². The van der Waals surface area contributed by atoms with Crippen molar-refractivity contribution in [2.45, 2.75) is 18.1 Å². The summed E-state index contributed by atoms with van der Waals surface area (Å²) in [6, 6.07) is 13.6. The highest BCUT2D eigenvalue weighted by atomic mass is 32.2.